The Morgan fingerprint density at radius 2 is 2.25 bits per heavy atom. The van der Waals surface area contributed by atoms with E-state index < -0.39 is 0 Å². The molecular formula is C13H14BrNO. The van der Waals surface area contributed by atoms with Crippen LogP contribution in [-0.4, -0.2) is 5.91 Å². The SMILES string of the molecule is CC1(CC2CC2)C(=O)Nc2ccc(Br)cc21. The number of benzene rings is 1. The summed E-state index contributed by atoms with van der Waals surface area (Å²) in [6.07, 6.45) is 3.56. The monoisotopic (exact) mass is 279 g/mol. The van der Waals surface area contributed by atoms with Crippen LogP contribution in [0.5, 0.6) is 0 Å². The number of fused-ring (bicyclic) bond motifs is 1. The number of anilines is 1. The Bertz CT molecular complexity index is 467. The highest BCUT2D eigenvalue weighted by atomic mass is 79.9. The Labute approximate surface area is 104 Å². The van der Waals surface area contributed by atoms with E-state index in [1.54, 1.807) is 0 Å². The number of halogens is 1. The van der Waals surface area contributed by atoms with Crippen LogP contribution in [0.2, 0.25) is 0 Å². The first-order valence-corrected chi connectivity index (χ1v) is 6.50. The lowest BCUT2D eigenvalue weighted by molar-refractivity contribution is -0.120. The van der Waals surface area contributed by atoms with Gasteiger partial charge >= 0.3 is 0 Å². The lowest BCUT2D eigenvalue weighted by atomic mass is 9.79. The summed E-state index contributed by atoms with van der Waals surface area (Å²) in [6.45, 7) is 2.07. The minimum absolute atomic E-state index is 0.160. The van der Waals surface area contributed by atoms with Crippen molar-refractivity contribution in [3.8, 4) is 0 Å². The van der Waals surface area contributed by atoms with Crippen molar-refractivity contribution in [1.29, 1.82) is 0 Å². The second-order valence-corrected chi connectivity index (χ2v) is 6.04. The first kappa shape index (κ1) is 10.3. The first-order chi connectivity index (χ1) is 7.59. The number of nitrogens with one attached hydrogen (secondary N) is 1. The van der Waals surface area contributed by atoms with Gasteiger partial charge in [-0.05, 0) is 43.0 Å². The van der Waals surface area contributed by atoms with Crippen LogP contribution in [0.3, 0.4) is 0 Å². The fraction of sp³-hybridized carbons (Fsp3) is 0.462. The summed E-state index contributed by atoms with van der Waals surface area (Å²) in [5.41, 5.74) is 1.82. The van der Waals surface area contributed by atoms with E-state index in [9.17, 15) is 4.79 Å². The number of hydrogen-bond donors (Lipinski definition) is 1. The predicted molar refractivity (Wildman–Crippen MR) is 67.5 cm³/mol. The molecule has 0 radical (unpaired) electrons. The van der Waals surface area contributed by atoms with Gasteiger partial charge in [-0.15, -0.1) is 0 Å². The van der Waals surface area contributed by atoms with Crippen molar-refractivity contribution in [2.75, 3.05) is 5.32 Å². The van der Waals surface area contributed by atoms with Gasteiger partial charge in [0.15, 0.2) is 0 Å². The van der Waals surface area contributed by atoms with Crippen LogP contribution in [0.4, 0.5) is 5.69 Å². The second kappa shape index (κ2) is 3.33. The molecule has 0 spiro atoms. The Morgan fingerprint density at radius 3 is 2.94 bits per heavy atom. The van der Waals surface area contributed by atoms with E-state index in [4.69, 9.17) is 0 Å². The number of rotatable bonds is 2. The van der Waals surface area contributed by atoms with Gasteiger partial charge in [-0.25, -0.2) is 0 Å². The van der Waals surface area contributed by atoms with E-state index in [1.807, 2.05) is 12.1 Å². The molecule has 1 unspecified atom stereocenters. The molecule has 1 N–H and O–H groups in total. The largest absolute Gasteiger partial charge is 0.325 e. The summed E-state index contributed by atoms with van der Waals surface area (Å²) >= 11 is 3.48. The van der Waals surface area contributed by atoms with Gasteiger partial charge in [0.1, 0.15) is 0 Å². The topological polar surface area (TPSA) is 29.1 Å². The third kappa shape index (κ3) is 1.49. The molecule has 2 aliphatic rings. The molecule has 1 atom stereocenters. The van der Waals surface area contributed by atoms with Crippen LogP contribution in [0.25, 0.3) is 0 Å². The van der Waals surface area contributed by atoms with Gasteiger partial charge in [-0.1, -0.05) is 28.8 Å². The van der Waals surface area contributed by atoms with Crippen LogP contribution in [0, 0.1) is 5.92 Å². The molecule has 16 heavy (non-hydrogen) atoms. The third-order valence-corrected chi connectivity index (χ3v) is 4.21. The first-order valence-electron chi connectivity index (χ1n) is 5.71. The van der Waals surface area contributed by atoms with Crippen molar-refractivity contribution in [3.63, 3.8) is 0 Å². The highest BCUT2D eigenvalue weighted by molar-refractivity contribution is 9.10. The average molecular weight is 280 g/mol. The molecule has 1 heterocycles. The van der Waals surface area contributed by atoms with Gasteiger partial charge in [0.2, 0.25) is 5.91 Å². The van der Waals surface area contributed by atoms with Crippen LogP contribution in [0.15, 0.2) is 22.7 Å². The van der Waals surface area contributed by atoms with Gasteiger partial charge < -0.3 is 5.32 Å². The molecule has 0 aromatic heterocycles. The van der Waals surface area contributed by atoms with Crippen LogP contribution in [0.1, 0.15) is 31.7 Å². The zero-order chi connectivity index (χ0) is 11.3. The number of carbonyl (C=O) groups is 1. The zero-order valence-electron chi connectivity index (χ0n) is 9.22. The summed E-state index contributed by atoms with van der Waals surface area (Å²) in [5, 5.41) is 2.99. The smallest absolute Gasteiger partial charge is 0.234 e. The average Bonchev–Trinajstić information content (AvgIpc) is 3.00. The van der Waals surface area contributed by atoms with Crippen molar-refractivity contribution in [3.05, 3.63) is 28.2 Å². The van der Waals surface area contributed by atoms with E-state index >= 15 is 0 Å². The molecule has 2 nitrogen and oxygen atoms in total. The molecule has 0 bridgehead atoms. The van der Waals surface area contributed by atoms with Gasteiger partial charge in [0.05, 0.1) is 5.41 Å². The van der Waals surface area contributed by atoms with E-state index in [0.29, 0.717) is 0 Å². The quantitative estimate of drug-likeness (QED) is 0.883. The molecule has 3 rings (SSSR count). The summed E-state index contributed by atoms with van der Waals surface area (Å²) in [6, 6.07) is 6.03. The highest BCUT2D eigenvalue weighted by Crippen LogP contribution is 2.47. The zero-order valence-corrected chi connectivity index (χ0v) is 10.8. The van der Waals surface area contributed by atoms with Crippen molar-refractivity contribution in [1.82, 2.24) is 0 Å². The molecule has 1 saturated carbocycles. The molecule has 0 saturated heterocycles. The molecule has 1 aromatic rings. The van der Waals surface area contributed by atoms with E-state index in [1.165, 1.54) is 12.8 Å². The fourth-order valence-corrected chi connectivity index (χ4v) is 2.93. The number of amides is 1. The van der Waals surface area contributed by atoms with Gasteiger partial charge in [-0.3, -0.25) is 4.79 Å². The molecule has 1 aliphatic heterocycles. The maximum atomic E-state index is 12.1. The number of hydrogen-bond acceptors (Lipinski definition) is 1. The Morgan fingerprint density at radius 1 is 1.50 bits per heavy atom. The maximum Gasteiger partial charge on any atom is 0.234 e. The molecular weight excluding hydrogens is 266 g/mol. The minimum atomic E-state index is -0.319. The van der Waals surface area contributed by atoms with Crippen molar-refractivity contribution in [2.24, 2.45) is 5.92 Å². The molecule has 1 amide bonds. The third-order valence-electron chi connectivity index (χ3n) is 3.72. The summed E-state index contributed by atoms with van der Waals surface area (Å²) < 4.78 is 1.05. The Kier molecular flexibility index (Phi) is 2.15. The summed E-state index contributed by atoms with van der Waals surface area (Å²) in [5.74, 6) is 0.910. The van der Waals surface area contributed by atoms with Gasteiger partial charge in [0.25, 0.3) is 0 Å². The highest BCUT2D eigenvalue weighted by Gasteiger charge is 2.45. The Balaban J connectivity index is 2.05. The molecule has 1 aromatic carbocycles. The normalized spacial score (nSPS) is 27.8. The Hall–Kier alpha value is -0.830. The van der Waals surface area contributed by atoms with Crippen molar-refractivity contribution >= 4 is 27.5 Å². The maximum absolute atomic E-state index is 12.1. The fourth-order valence-electron chi connectivity index (χ4n) is 2.57. The van der Waals surface area contributed by atoms with Crippen molar-refractivity contribution in [2.45, 2.75) is 31.6 Å². The minimum Gasteiger partial charge on any atom is -0.325 e. The standard InChI is InChI=1S/C13H14BrNO/c1-13(7-8-2-3-8)10-6-9(14)4-5-11(10)15-12(13)16/h4-6,8H,2-3,7H2,1H3,(H,15,16). The van der Waals surface area contributed by atoms with Crippen molar-refractivity contribution < 1.29 is 4.79 Å². The van der Waals surface area contributed by atoms with Crippen LogP contribution < -0.4 is 5.32 Å². The molecule has 3 heteroatoms. The lowest BCUT2D eigenvalue weighted by Crippen LogP contribution is -2.31. The lowest BCUT2D eigenvalue weighted by Gasteiger charge is -2.22. The summed E-state index contributed by atoms with van der Waals surface area (Å²) in [7, 11) is 0. The van der Waals surface area contributed by atoms with Gasteiger partial charge in [-0.2, -0.15) is 0 Å². The predicted octanol–water partition coefficient (Wildman–Crippen LogP) is 3.46. The molecule has 84 valence electrons. The number of carbonyl (C=O) groups excluding carboxylic acids is 1. The van der Waals surface area contributed by atoms with Crippen LogP contribution >= 0.6 is 15.9 Å². The van der Waals surface area contributed by atoms with E-state index in [0.717, 1.165) is 28.1 Å². The summed E-state index contributed by atoms with van der Waals surface area (Å²) in [4.78, 5) is 12.1. The van der Waals surface area contributed by atoms with Gasteiger partial charge in [0, 0.05) is 10.2 Å². The molecule has 1 aliphatic carbocycles. The van der Waals surface area contributed by atoms with E-state index in [2.05, 4.69) is 34.2 Å². The van der Waals surface area contributed by atoms with Crippen LogP contribution in [-0.2, 0) is 10.2 Å². The molecule has 1 fully saturated rings. The second-order valence-electron chi connectivity index (χ2n) is 5.12. The van der Waals surface area contributed by atoms with E-state index in [-0.39, 0.29) is 11.3 Å².